The minimum atomic E-state index is -0.268. The normalized spacial score (nSPS) is 17.4. The Morgan fingerprint density at radius 3 is 2.70 bits per heavy atom. The number of hydrogen-bond acceptors (Lipinski definition) is 1. The van der Waals surface area contributed by atoms with Crippen LogP contribution < -0.4 is 4.90 Å². The minimum Gasteiger partial charge on any atom is -0.315 e. The highest BCUT2D eigenvalue weighted by Crippen LogP contribution is 2.43. The molecule has 0 aliphatic carbocycles. The zero-order chi connectivity index (χ0) is 16.0. The standard InChI is InChI=1S/C20H16FNO/c1-22-18-10-9-13-5-2-3-8-16(13)20(18)17(12-19(22)23)14-6-4-7-15(21)11-14/h2-11,17H,12H2,1H3. The molecule has 1 atom stereocenters. The summed E-state index contributed by atoms with van der Waals surface area (Å²) >= 11 is 0. The summed E-state index contributed by atoms with van der Waals surface area (Å²) in [5.41, 5.74) is 2.87. The Labute approximate surface area is 134 Å². The lowest BCUT2D eigenvalue weighted by Crippen LogP contribution is -2.33. The molecule has 0 N–H and O–H groups in total. The first kappa shape index (κ1) is 13.9. The van der Waals surface area contributed by atoms with Crippen LogP contribution in [0.2, 0.25) is 0 Å². The molecule has 3 aromatic carbocycles. The number of halogens is 1. The van der Waals surface area contributed by atoms with Crippen molar-refractivity contribution in [1.82, 2.24) is 0 Å². The lowest BCUT2D eigenvalue weighted by molar-refractivity contribution is -0.118. The van der Waals surface area contributed by atoms with Crippen LogP contribution in [0.3, 0.4) is 0 Å². The van der Waals surface area contributed by atoms with Crippen LogP contribution in [0.4, 0.5) is 10.1 Å². The van der Waals surface area contributed by atoms with Gasteiger partial charge in [0, 0.05) is 25.1 Å². The molecule has 0 bridgehead atoms. The molecule has 1 heterocycles. The fraction of sp³-hybridized carbons (Fsp3) is 0.150. The van der Waals surface area contributed by atoms with E-state index < -0.39 is 0 Å². The number of amides is 1. The topological polar surface area (TPSA) is 20.3 Å². The fourth-order valence-electron chi connectivity index (χ4n) is 3.50. The van der Waals surface area contributed by atoms with Crippen molar-refractivity contribution in [3.63, 3.8) is 0 Å². The molecular formula is C20H16FNO. The van der Waals surface area contributed by atoms with Gasteiger partial charge in [-0.15, -0.1) is 0 Å². The molecule has 4 rings (SSSR count). The molecule has 0 spiro atoms. The molecule has 1 aliphatic heterocycles. The summed E-state index contributed by atoms with van der Waals surface area (Å²) in [6.45, 7) is 0. The molecule has 1 amide bonds. The van der Waals surface area contributed by atoms with Gasteiger partial charge in [-0.05, 0) is 40.1 Å². The smallest absolute Gasteiger partial charge is 0.227 e. The van der Waals surface area contributed by atoms with Crippen LogP contribution in [-0.2, 0) is 4.79 Å². The Morgan fingerprint density at radius 2 is 1.87 bits per heavy atom. The molecule has 1 unspecified atom stereocenters. The van der Waals surface area contributed by atoms with Crippen molar-refractivity contribution < 1.29 is 9.18 Å². The van der Waals surface area contributed by atoms with Gasteiger partial charge in [0.2, 0.25) is 5.91 Å². The predicted molar refractivity (Wildman–Crippen MR) is 90.2 cm³/mol. The average molecular weight is 305 g/mol. The van der Waals surface area contributed by atoms with E-state index in [9.17, 15) is 9.18 Å². The largest absolute Gasteiger partial charge is 0.315 e. The minimum absolute atomic E-state index is 0.0574. The number of rotatable bonds is 1. The summed E-state index contributed by atoms with van der Waals surface area (Å²) in [5, 5.41) is 2.26. The molecule has 3 aromatic rings. The first-order chi connectivity index (χ1) is 11.1. The summed E-state index contributed by atoms with van der Waals surface area (Å²) in [5.74, 6) is -0.326. The molecule has 0 saturated heterocycles. The van der Waals surface area contributed by atoms with Crippen LogP contribution in [0.1, 0.15) is 23.5 Å². The third-order valence-corrected chi connectivity index (χ3v) is 4.66. The third kappa shape index (κ3) is 2.20. The Hall–Kier alpha value is -2.68. The number of nitrogens with zero attached hydrogens (tertiary/aromatic N) is 1. The van der Waals surface area contributed by atoms with E-state index in [2.05, 4.69) is 12.1 Å². The van der Waals surface area contributed by atoms with E-state index in [1.165, 1.54) is 12.1 Å². The van der Waals surface area contributed by atoms with Gasteiger partial charge in [0.1, 0.15) is 5.82 Å². The van der Waals surface area contributed by atoms with Gasteiger partial charge >= 0.3 is 0 Å². The molecule has 0 aromatic heterocycles. The summed E-state index contributed by atoms with van der Waals surface area (Å²) in [4.78, 5) is 14.1. The number of anilines is 1. The zero-order valence-corrected chi connectivity index (χ0v) is 12.8. The van der Waals surface area contributed by atoms with Crippen molar-refractivity contribution in [3.8, 4) is 0 Å². The Balaban J connectivity index is 2.02. The second-order valence-electron chi connectivity index (χ2n) is 5.98. The number of hydrogen-bond donors (Lipinski definition) is 0. The molecule has 0 fully saturated rings. The van der Waals surface area contributed by atoms with Crippen LogP contribution in [-0.4, -0.2) is 13.0 Å². The van der Waals surface area contributed by atoms with Crippen LogP contribution in [0, 0.1) is 5.82 Å². The van der Waals surface area contributed by atoms with E-state index in [0.29, 0.717) is 6.42 Å². The van der Waals surface area contributed by atoms with E-state index in [-0.39, 0.29) is 17.6 Å². The highest BCUT2D eigenvalue weighted by molar-refractivity contribution is 6.02. The van der Waals surface area contributed by atoms with E-state index in [0.717, 1.165) is 27.6 Å². The number of carbonyl (C=O) groups is 1. The lowest BCUT2D eigenvalue weighted by Gasteiger charge is -2.33. The van der Waals surface area contributed by atoms with Crippen LogP contribution in [0.25, 0.3) is 10.8 Å². The number of carbonyl (C=O) groups excluding carboxylic acids is 1. The third-order valence-electron chi connectivity index (χ3n) is 4.66. The maximum absolute atomic E-state index is 13.7. The zero-order valence-electron chi connectivity index (χ0n) is 12.8. The van der Waals surface area contributed by atoms with Gasteiger partial charge in [0.15, 0.2) is 0 Å². The highest BCUT2D eigenvalue weighted by atomic mass is 19.1. The average Bonchev–Trinajstić information content (AvgIpc) is 2.57. The highest BCUT2D eigenvalue weighted by Gasteiger charge is 2.31. The van der Waals surface area contributed by atoms with E-state index in [4.69, 9.17) is 0 Å². The quantitative estimate of drug-likeness (QED) is 0.649. The molecular weight excluding hydrogens is 289 g/mol. The van der Waals surface area contributed by atoms with Crippen molar-refractivity contribution in [3.05, 3.63) is 77.6 Å². The number of fused-ring (bicyclic) bond motifs is 3. The maximum atomic E-state index is 13.7. The first-order valence-electron chi connectivity index (χ1n) is 7.69. The van der Waals surface area contributed by atoms with Crippen molar-refractivity contribution in [2.24, 2.45) is 0 Å². The van der Waals surface area contributed by atoms with Crippen LogP contribution in [0.15, 0.2) is 60.7 Å². The SMILES string of the molecule is CN1C(=O)CC(c2cccc(F)c2)c2c1ccc1ccccc21. The van der Waals surface area contributed by atoms with Crippen molar-refractivity contribution in [1.29, 1.82) is 0 Å². The van der Waals surface area contributed by atoms with Gasteiger partial charge in [-0.2, -0.15) is 0 Å². The monoisotopic (exact) mass is 305 g/mol. The van der Waals surface area contributed by atoms with Gasteiger partial charge in [-0.1, -0.05) is 42.5 Å². The Kier molecular flexibility index (Phi) is 3.15. The van der Waals surface area contributed by atoms with Gasteiger partial charge in [0.25, 0.3) is 0 Å². The summed E-state index contributed by atoms with van der Waals surface area (Å²) in [6.07, 6.45) is 0.362. The molecule has 3 heteroatoms. The molecule has 0 radical (unpaired) electrons. The van der Waals surface area contributed by atoms with Crippen molar-refractivity contribution >= 4 is 22.4 Å². The van der Waals surface area contributed by atoms with Crippen LogP contribution in [0.5, 0.6) is 0 Å². The lowest BCUT2D eigenvalue weighted by atomic mass is 9.81. The Bertz CT molecular complexity index is 918. The maximum Gasteiger partial charge on any atom is 0.227 e. The van der Waals surface area contributed by atoms with Gasteiger partial charge in [-0.3, -0.25) is 4.79 Å². The second kappa shape index (κ2) is 5.20. The van der Waals surface area contributed by atoms with Gasteiger partial charge in [0.05, 0.1) is 0 Å². The summed E-state index contributed by atoms with van der Waals surface area (Å²) in [6, 6.07) is 18.7. The number of benzene rings is 3. The molecule has 23 heavy (non-hydrogen) atoms. The van der Waals surface area contributed by atoms with E-state index in [1.54, 1.807) is 18.0 Å². The van der Waals surface area contributed by atoms with Gasteiger partial charge in [-0.25, -0.2) is 4.39 Å². The van der Waals surface area contributed by atoms with Crippen molar-refractivity contribution in [2.75, 3.05) is 11.9 Å². The molecule has 114 valence electrons. The van der Waals surface area contributed by atoms with E-state index in [1.807, 2.05) is 30.3 Å². The predicted octanol–water partition coefficient (Wildman–Crippen LogP) is 4.48. The van der Waals surface area contributed by atoms with Crippen molar-refractivity contribution in [2.45, 2.75) is 12.3 Å². The fourth-order valence-corrected chi connectivity index (χ4v) is 3.50. The molecule has 2 nitrogen and oxygen atoms in total. The molecule has 0 saturated carbocycles. The summed E-state index contributed by atoms with van der Waals surface area (Å²) in [7, 11) is 1.80. The molecule has 1 aliphatic rings. The van der Waals surface area contributed by atoms with Crippen LogP contribution >= 0.6 is 0 Å². The second-order valence-corrected chi connectivity index (χ2v) is 5.98. The summed E-state index contributed by atoms with van der Waals surface area (Å²) < 4.78 is 13.7. The van der Waals surface area contributed by atoms with E-state index >= 15 is 0 Å². The van der Waals surface area contributed by atoms with Gasteiger partial charge < -0.3 is 4.90 Å². The Morgan fingerprint density at radius 1 is 1.04 bits per heavy atom. The first-order valence-corrected chi connectivity index (χ1v) is 7.69.